The van der Waals surface area contributed by atoms with Crippen LogP contribution in [0.25, 0.3) is 11.3 Å². The van der Waals surface area contributed by atoms with E-state index in [0.29, 0.717) is 29.5 Å². The van der Waals surface area contributed by atoms with Crippen LogP contribution in [0.4, 0.5) is 0 Å². The lowest BCUT2D eigenvalue weighted by Crippen LogP contribution is -2.31. The Morgan fingerprint density at radius 2 is 1.81 bits per heavy atom. The third-order valence-corrected chi connectivity index (χ3v) is 3.75. The largest absolute Gasteiger partial charge is 0.339 e. The Hall–Kier alpha value is -1.87. The molecule has 0 spiro atoms. The summed E-state index contributed by atoms with van der Waals surface area (Å²) in [7, 11) is 0. The number of aromatic nitrogens is 1. The number of aryl methyl sites for hydroxylation is 1. The Bertz CT molecular complexity index is 651. The highest BCUT2D eigenvalue weighted by molar-refractivity contribution is 6.29. The lowest BCUT2D eigenvalue weighted by atomic mass is 10.0. The van der Waals surface area contributed by atoms with E-state index in [4.69, 9.17) is 11.6 Å². The van der Waals surface area contributed by atoms with E-state index in [1.54, 1.807) is 17.0 Å². The van der Waals surface area contributed by atoms with Gasteiger partial charge in [0.2, 0.25) is 0 Å². The van der Waals surface area contributed by atoms with Gasteiger partial charge in [-0.05, 0) is 38.5 Å². The van der Waals surface area contributed by atoms with Gasteiger partial charge in [0.1, 0.15) is 5.15 Å². The molecular weight excluding hydrogens is 284 g/mol. The maximum absolute atomic E-state index is 12.7. The van der Waals surface area contributed by atoms with Gasteiger partial charge in [-0.3, -0.25) is 4.79 Å². The van der Waals surface area contributed by atoms with E-state index in [1.165, 1.54) is 0 Å². The molecule has 1 aromatic heterocycles. The van der Waals surface area contributed by atoms with Crippen LogP contribution in [0.1, 0.15) is 29.8 Å². The Morgan fingerprint density at radius 3 is 2.43 bits per heavy atom. The van der Waals surface area contributed by atoms with E-state index in [-0.39, 0.29) is 5.91 Å². The SMILES string of the molecule is CCN(CC)C(=O)c1ccc(Cl)nc1-c1ccccc1C. The van der Waals surface area contributed by atoms with E-state index in [2.05, 4.69) is 4.98 Å². The molecule has 0 radical (unpaired) electrons. The molecule has 1 aromatic carbocycles. The van der Waals surface area contributed by atoms with Crippen LogP contribution in [-0.2, 0) is 0 Å². The van der Waals surface area contributed by atoms with Crippen molar-refractivity contribution in [2.24, 2.45) is 0 Å². The Labute approximate surface area is 130 Å². The molecule has 2 aromatic rings. The topological polar surface area (TPSA) is 33.2 Å². The molecule has 0 unspecified atom stereocenters. The van der Waals surface area contributed by atoms with Crippen LogP contribution < -0.4 is 0 Å². The second kappa shape index (κ2) is 6.72. The Kier molecular flexibility index (Phi) is 4.97. The van der Waals surface area contributed by atoms with Crippen molar-refractivity contribution in [2.75, 3.05) is 13.1 Å². The highest BCUT2D eigenvalue weighted by Crippen LogP contribution is 2.27. The van der Waals surface area contributed by atoms with Crippen molar-refractivity contribution in [2.45, 2.75) is 20.8 Å². The van der Waals surface area contributed by atoms with Crippen molar-refractivity contribution in [3.05, 3.63) is 52.7 Å². The molecule has 0 N–H and O–H groups in total. The second-order valence-electron chi connectivity index (χ2n) is 4.82. The zero-order valence-electron chi connectivity index (χ0n) is 12.6. The van der Waals surface area contributed by atoms with Crippen LogP contribution in [0.2, 0.25) is 5.15 Å². The monoisotopic (exact) mass is 302 g/mol. The van der Waals surface area contributed by atoms with Crippen molar-refractivity contribution in [3.8, 4) is 11.3 Å². The van der Waals surface area contributed by atoms with Crippen LogP contribution >= 0.6 is 11.6 Å². The fraction of sp³-hybridized carbons (Fsp3) is 0.294. The number of benzene rings is 1. The minimum Gasteiger partial charge on any atom is -0.339 e. The molecule has 4 heteroatoms. The van der Waals surface area contributed by atoms with Crippen molar-refractivity contribution in [1.82, 2.24) is 9.88 Å². The zero-order valence-corrected chi connectivity index (χ0v) is 13.3. The van der Waals surface area contributed by atoms with Crippen molar-refractivity contribution in [1.29, 1.82) is 0 Å². The van der Waals surface area contributed by atoms with Gasteiger partial charge < -0.3 is 4.90 Å². The van der Waals surface area contributed by atoms with Gasteiger partial charge in [-0.1, -0.05) is 35.9 Å². The minimum atomic E-state index is -0.0116. The second-order valence-corrected chi connectivity index (χ2v) is 5.21. The molecule has 3 nitrogen and oxygen atoms in total. The van der Waals surface area contributed by atoms with Crippen molar-refractivity contribution >= 4 is 17.5 Å². The molecule has 0 atom stereocenters. The molecule has 0 saturated carbocycles. The van der Waals surface area contributed by atoms with Gasteiger partial charge in [-0.15, -0.1) is 0 Å². The number of amides is 1. The molecule has 0 aliphatic rings. The number of rotatable bonds is 4. The molecule has 0 aliphatic heterocycles. The van der Waals surface area contributed by atoms with Crippen LogP contribution in [-0.4, -0.2) is 28.9 Å². The Morgan fingerprint density at radius 1 is 1.14 bits per heavy atom. The smallest absolute Gasteiger partial charge is 0.256 e. The standard InChI is InChI=1S/C17H19ClN2O/c1-4-20(5-2)17(21)14-10-11-15(18)19-16(14)13-9-7-6-8-12(13)3/h6-11H,4-5H2,1-3H3. The maximum Gasteiger partial charge on any atom is 0.256 e. The summed E-state index contributed by atoms with van der Waals surface area (Å²) < 4.78 is 0. The van der Waals surface area contributed by atoms with Crippen molar-refractivity contribution in [3.63, 3.8) is 0 Å². The molecule has 0 aliphatic carbocycles. The number of hydrogen-bond acceptors (Lipinski definition) is 2. The van der Waals surface area contributed by atoms with E-state index in [9.17, 15) is 4.79 Å². The molecule has 0 bridgehead atoms. The lowest BCUT2D eigenvalue weighted by Gasteiger charge is -2.20. The lowest BCUT2D eigenvalue weighted by molar-refractivity contribution is 0.0773. The van der Waals surface area contributed by atoms with Gasteiger partial charge in [0, 0.05) is 18.7 Å². The van der Waals surface area contributed by atoms with Crippen molar-refractivity contribution < 1.29 is 4.79 Å². The summed E-state index contributed by atoms with van der Waals surface area (Å²) >= 11 is 6.04. The van der Waals surface area contributed by atoms with Crippen LogP contribution in [0.3, 0.4) is 0 Å². The third kappa shape index (κ3) is 3.24. The molecule has 21 heavy (non-hydrogen) atoms. The average Bonchev–Trinajstić information content (AvgIpc) is 2.48. The number of pyridine rings is 1. The first-order valence-electron chi connectivity index (χ1n) is 7.10. The molecule has 0 saturated heterocycles. The van der Waals surface area contributed by atoms with E-state index in [0.717, 1.165) is 11.1 Å². The first kappa shape index (κ1) is 15.5. The predicted octanol–water partition coefficient (Wildman–Crippen LogP) is 4.19. The molecule has 1 amide bonds. The van der Waals surface area contributed by atoms with Gasteiger partial charge in [0.25, 0.3) is 5.91 Å². The van der Waals surface area contributed by atoms with Gasteiger partial charge >= 0.3 is 0 Å². The number of carbonyl (C=O) groups excluding carboxylic acids is 1. The van der Waals surface area contributed by atoms with Crippen LogP contribution in [0.15, 0.2) is 36.4 Å². The number of hydrogen-bond donors (Lipinski definition) is 0. The van der Waals surface area contributed by atoms with Gasteiger partial charge in [-0.2, -0.15) is 0 Å². The number of carbonyl (C=O) groups is 1. The summed E-state index contributed by atoms with van der Waals surface area (Å²) in [5.41, 5.74) is 3.26. The van der Waals surface area contributed by atoms with Gasteiger partial charge in [0.05, 0.1) is 11.3 Å². The van der Waals surface area contributed by atoms with E-state index >= 15 is 0 Å². The molecule has 2 rings (SSSR count). The summed E-state index contributed by atoms with van der Waals surface area (Å²) in [6.07, 6.45) is 0. The predicted molar refractivity (Wildman–Crippen MR) is 86.7 cm³/mol. The number of nitrogens with zero attached hydrogens (tertiary/aromatic N) is 2. The molecular formula is C17H19ClN2O. The number of halogens is 1. The first-order chi connectivity index (χ1) is 10.1. The highest BCUT2D eigenvalue weighted by Gasteiger charge is 2.19. The summed E-state index contributed by atoms with van der Waals surface area (Å²) in [4.78, 5) is 18.8. The maximum atomic E-state index is 12.7. The fourth-order valence-electron chi connectivity index (χ4n) is 2.33. The zero-order chi connectivity index (χ0) is 15.4. The van der Waals surface area contributed by atoms with Gasteiger partial charge in [-0.25, -0.2) is 4.98 Å². The Balaban J connectivity index is 2.58. The molecule has 0 fully saturated rings. The van der Waals surface area contributed by atoms with Gasteiger partial charge in [0.15, 0.2) is 0 Å². The fourth-order valence-corrected chi connectivity index (χ4v) is 2.48. The average molecular weight is 303 g/mol. The quantitative estimate of drug-likeness (QED) is 0.793. The van der Waals surface area contributed by atoms with E-state index in [1.807, 2.05) is 45.0 Å². The summed E-state index contributed by atoms with van der Waals surface area (Å²) in [6, 6.07) is 11.3. The highest BCUT2D eigenvalue weighted by atomic mass is 35.5. The first-order valence-corrected chi connectivity index (χ1v) is 7.48. The normalized spacial score (nSPS) is 10.5. The molecule has 110 valence electrons. The summed E-state index contributed by atoms with van der Waals surface area (Å²) in [6.45, 7) is 7.29. The summed E-state index contributed by atoms with van der Waals surface area (Å²) in [5, 5.41) is 0.393. The minimum absolute atomic E-state index is 0.0116. The molecule has 1 heterocycles. The third-order valence-electron chi connectivity index (χ3n) is 3.54. The van der Waals surface area contributed by atoms with Crippen LogP contribution in [0, 0.1) is 6.92 Å². The van der Waals surface area contributed by atoms with Crippen LogP contribution in [0.5, 0.6) is 0 Å². The van der Waals surface area contributed by atoms with E-state index < -0.39 is 0 Å². The summed E-state index contributed by atoms with van der Waals surface area (Å²) in [5.74, 6) is -0.0116.